The van der Waals surface area contributed by atoms with Crippen LogP contribution in [0.25, 0.3) is 0 Å². The first kappa shape index (κ1) is 24.9. The van der Waals surface area contributed by atoms with E-state index in [1.807, 2.05) is 17.0 Å². The monoisotopic (exact) mass is 477 g/mol. The minimum Gasteiger partial charge on any atom is -0.350 e. The molecule has 2 N–H and O–H groups in total. The second-order valence-electron chi connectivity index (χ2n) is 9.22. The molecule has 2 aliphatic rings. The molecule has 186 valence electrons. The van der Waals surface area contributed by atoms with E-state index in [0.29, 0.717) is 43.7 Å². The van der Waals surface area contributed by atoms with Crippen LogP contribution in [0.4, 0.5) is 5.69 Å². The Balaban J connectivity index is 1.53. The van der Waals surface area contributed by atoms with Crippen LogP contribution in [-0.2, 0) is 11.3 Å². The first-order chi connectivity index (χ1) is 17.1. The van der Waals surface area contributed by atoms with Crippen molar-refractivity contribution < 1.29 is 14.4 Å². The quantitative estimate of drug-likeness (QED) is 0.690. The number of rotatable bonds is 5. The van der Waals surface area contributed by atoms with Crippen molar-refractivity contribution in [2.75, 3.05) is 37.6 Å². The molecule has 4 rings (SSSR count). The summed E-state index contributed by atoms with van der Waals surface area (Å²) in [5.41, 5.74) is 2.92. The van der Waals surface area contributed by atoms with Crippen molar-refractivity contribution >= 4 is 23.4 Å². The number of fused-ring (bicyclic) bond motifs is 1. The Morgan fingerprint density at radius 2 is 1.74 bits per heavy atom. The van der Waals surface area contributed by atoms with E-state index in [9.17, 15) is 14.4 Å². The van der Waals surface area contributed by atoms with Gasteiger partial charge in [0.05, 0.1) is 0 Å². The predicted octanol–water partition coefficient (Wildman–Crippen LogP) is 3.13. The smallest absolute Gasteiger partial charge is 0.258 e. The van der Waals surface area contributed by atoms with Crippen LogP contribution in [0.1, 0.15) is 71.2 Å². The van der Waals surface area contributed by atoms with Crippen molar-refractivity contribution in [3.63, 3.8) is 0 Å². The van der Waals surface area contributed by atoms with Crippen LogP contribution in [-0.4, -0.2) is 60.3 Å². The summed E-state index contributed by atoms with van der Waals surface area (Å²) < 4.78 is 0. The van der Waals surface area contributed by atoms with Gasteiger partial charge in [0.25, 0.3) is 11.8 Å². The fourth-order valence-electron chi connectivity index (χ4n) is 4.73. The first-order valence-corrected chi connectivity index (χ1v) is 12.7. The summed E-state index contributed by atoms with van der Waals surface area (Å²) in [7, 11) is 0. The number of amides is 3. The molecular formula is C27H35N5O3. The molecule has 8 heteroatoms. The molecule has 3 heterocycles. The third kappa shape index (κ3) is 6.66. The van der Waals surface area contributed by atoms with E-state index in [1.165, 1.54) is 6.42 Å². The molecule has 1 fully saturated rings. The summed E-state index contributed by atoms with van der Waals surface area (Å²) in [5, 5.41) is 6.43. The van der Waals surface area contributed by atoms with Crippen LogP contribution < -0.4 is 15.5 Å². The maximum absolute atomic E-state index is 13.5. The van der Waals surface area contributed by atoms with E-state index in [-0.39, 0.29) is 17.7 Å². The highest BCUT2D eigenvalue weighted by atomic mass is 16.2. The molecule has 0 aliphatic carbocycles. The summed E-state index contributed by atoms with van der Waals surface area (Å²) in [6.45, 7) is 3.83. The summed E-state index contributed by atoms with van der Waals surface area (Å²) in [6, 6.07) is 9.04. The third-order valence-corrected chi connectivity index (χ3v) is 6.69. The van der Waals surface area contributed by atoms with Gasteiger partial charge in [0, 0.05) is 68.4 Å². The second kappa shape index (κ2) is 12.4. The van der Waals surface area contributed by atoms with Crippen LogP contribution in [0, 0.1) is 0 Å². The molecule has 1 saturated heterocycles. The molecule has 1 aromatic heterocycles. The highest BCUT2D eigenvalue weighted by Crippen LogP contribution is 2.26. The Morgan fingerprint density at radius 3 is 2.54 bits per heavy atom. The zero-order chi connectivity index (χ0) is 24.5. The van der Waals surface area contributed by atoms with Crippen molar-refractivity contribution in [1.29, 1.82) is 0 Å². The Labute approximate surface area is 207 Å². The highest BCUT2D eigenvalue weighted by molar-refractivity contribution is 6.06. The minimum atomic E-state index is -0.169. The van der Waals surface area contributed by atoms with Gasteiger partial charge in [-0.2, -0.15) is 0 Å². The van der Waals surface area contributed by atoms with Gasteiger partial charge in [-0.1, -0.05) is 19.3 Å². The lowest BCUT2D eigenvalue weighted by Crippen LogP contribution is -2.36. The number of nitrogens with one attached hydrogen (secondary N) is 2. The number of benzene rings is 1. The molecular weight excluding hydrogens is 442 g/mol. The number of nitrogens with zero attached hydrogens (tertiary/aromatic N) is 3. The number of aromatic nitrogens is 1. The third-order valence-electron chi connectivity index (χ3n) is 6.69. The summed E-state index contributed by atoms with van der Waals surface area (Å²) in [4.78, 5) is 45.8. The Kier molecular flexibility index (Phi) is 8.84. The van der Waals surface area contributed by atoms with Gasteiger partial charge in [-0.25, -0.2) is 0 Å². The molecule has 0 radical (unpaired) electrons. The maximum Gasteiger partial charge on any atom is 0.258 e. The van der Waals surface area contributed by atoms with E-state index < -0.39 is 0 Å². The van der Waals surface area contributed by atoms with E-state index in [1.54, 1.807) is 35.5 Å². The maximum atomic E-state index is 13.5. The number of hydrogen-bond acceptors (Lipinski definition) is 5. The molecule has 1 aromatic carbocycles. The van der Waals surface area contributed by atoms with E-state index in [0.717, 1.165) is 56.4 Å². The Hall–Kier alpha value is -3.26. The van der Waals surface area contributed by atoms with Gasteiger partial charge in [0.15, 0.2) is 0 Å². The largest absolute Gasteiger partial charge is 0.350 e. The molecule has 0 spiro atoms. The predicted molar refractivity (Wildman–Crippen MR) is 135 cm³/mol. The topological polar surface area (TPSA) is 94.6 Å². The van der Waals surface area contributed by atoms with Crippen LogP contribution in [0.3, 0.4) is 0 Å². The van der Waals surface area contributed by atoms with Crippen molar-refractivity contribution in [3.05, 3.63) is 59.4 Å². The summed E-state index contributed by atoms with van der Waals surface area (Å²) in [5.74, 6) is -0.0696. The highest BCUT2D eigenvalue weighted by Gasteiger charge is 2.22. The second-order valence-corrected chi connectivity index (χ2v) is 9.22. The lowest BCUT2D eigenvalue weighted by molar-refractivity contribution is -0.127. The number of anilines is 1. The molecule has 8 nitrogen and oxygen atoms in total. The Morgan fingerprint density at radius 1 is 0.943 bits per heavy atom. The molecule has 0 bridgehead atoms. The number of carbonyl (C=O) groups excluding carboxylic acids is 3. The molecule has 0 saturated carbocycles. The number of likely N-dealkylation sites (tertiary alicyclic amines) is 1. The molecule has 35 heavy (non-hydrogen) atoms. The average Bonchev–Trinajstić information content (AvgIpc) is 3.29. The van der Waals surface area contributed by atoms with Gasteiger partial charge in [0.1, 0.15) is 0 Å². The van der Waals surface area contributed by atoms with Crippen molar-refractivity contribution in [2.24, 2.45) is 0 Å². The van der Waals surface area contributed by atoms with Gasteiger partial charge in [0.2, 0.25) is 5.91 Å². The number of hydrogen-bond donors (Lipinski definition) is 2. The van der Waals surface area contributed by atoms with Gasteiger partial charge < -0.3 is 20.4 Å². The van der Waals surface area contributed by atoms with E-state index in [4.69, 9.17) is 0 Å². The average molecular weight is 478 g/mol. The van der Waals surface area contributed by atoms with Crippen molar-refractivity contribution in [1.82, 2.24) is 20.5 Å². The van der Waals surface area contributed by atoms with Crippen LogP contribution in [0.2, 0.25) is 0 Å². The fraction of sp³-hybridized carbons (Fsp3) is 0.481. The van der Waals surface area contributed by atoms with Gasteiger partial charge in [-0.15, -0.1) is 0 Å². The van der Waals surface area contributed by atoms with Gasteiger partial charge in [-0.05, 0) is 61.7 Å². The zero-order valence-corrected chi connectivity index (χ0v) is 20.3. The van der Waals surface area contributed by atoms with Crippen LogP contribution in [0.15, 0.2) is 42.7 Å². The zero-order valence-electron chi connectivity index (χ0n) is 20.3. The Bertz CT molecular complexity index is 1030. The molecule has 2 aromatic rings. The molecule has 2 aliphatic heterocycles. The lowest BCUT2D eigenvalue weighted by Gasteiger charge is -2.27. The van der Waals surface area contributed by atoms with Crippen LogP contribution >= 0.6 is 0 Å². The SMILES string of the molecule is O=C(NCCN1CCCC1=O)c1ccc2c(c1)CNCCCCCCCN2C(=O)c1ccncc1. The molecule has 0 unspecified atom stereocenters. The fourth-order valence-corrected chi connectivity index (χ4v) is 4.73. The van der Waals surface area contributed by atoms with Crippen LogP contribution in [0.5, 0.6) is 0 Å². The van der Waals surface area contributed by atoms with Gasteiger partial charge in [-0.3, -0.25) is 19.4 Å². The first-order valence-electron chi connectivity index (χ1n) is 12.7. The lowest BCUT2D eigenvalue weighted by atomic mass is 10.0. The summed E-state index contributed by atoms with van der Waals surface area (Å²) >= 11 is 0. The number of pyridine rings is 1. The van der Waals surface area contributed by atoms with Crippen molar-refractivity contribution in [2.45, 2.75) is 51.5 Å². The number of carbonyl (C=O) groups is 3. The minimum absolute atomic E-state index is 0.0572. The normalized spacial score (nSPS) is 17.3. The summed E-state index contributed by atoms with van der Waals surface area (Å²) in [6.07, 6.45) is 10.2. The molecule has 3 amide bonds. The van der Waals surface area contributed by atoms with E-state index >= 15 is 0 Å². The standard InChI is InChI=1S/C27H35N5O3/c33-25-7-6-16-31(25)18-15-30-26(34)22-8-9-24-23(19-22)20-29-12-4-2-1-3-5-17-32(24)27(35)21-10-13-28-14-11-21/h8-11,13-14,19,29H,1-7,12,15-18,20H2,(H,30,34). The van der Waals surface area contributed by atoms with Gasteiger partial charge >= 0.3 is 0 Å². The van der Waals surface area contributed by atoms with Crippen molar-refractivity contribution in [3.8, 4) is 0 Å². The van der Waals surface area contributed by atoms with E-state index in [2.05, 4.69) is 15.6 Å². The molecule has 0 atom stereocenters.